The molecule has 1 aromatic carbocycles. The summed E-state index contributed by atoms with van der Waals surface area (Å²) < 4.78 is 6.71. The van der Waals surface area contributed by atoms with Crippen LogP contribution in [0.4, 0.5) is 0 Å². The average Bonchev–Trinajstić information content (AvgIpc) is 2.83. The zero-order valence-corrected chi connectivity index (χ0v) is 14.2. The van der Waals surface area contributed by atoms with Crippen molar-refractivity contribution in [3.63, 3.8) is 0 Å². The Balaban J connectivity index is 1.85. The van der Waals surface area contributed by atoms with Gasteiger partial charge >= 0.3 is 0 Å². The monoisotopic (exact) mass is 355 g/mol. The van der Waals surface area contributed by atoms with Gasteiger partial charge in [-0.1, -0.05) is 44.5 Å². The van der Waals surface area contributed by atoms with Gasteiger partial charge in [-0.15, -0.1) is 5.10 Å². The summed E-state index contributed by atoms with van der Waals surface area (Å²) in [6.07, 6.45) is 0. The molecule has 0 spiro atoms. The molecule has 0 unspecified atom stereocenters. The molecule has 1 N–H and O–H groups in total. The molecule has 2 rings (SSSR count). The topological polar surface area (TPSA) is 47.0 Å². The Bertz CT molecular complexity index is 548. The molecule has 1 aromatic heterocycles. The van der Waals surface area contributed by atoms with Crippen LogP contribution in [0.3, 0.4) is 0 Å². The summed E-state index contributed by atoms with van der Waals surface area (Å²) in [6.45, 7) is 7.59. The summed E-state index contributed by atoms with van der Waals surface area (Å²) in [5, 5.41) is 13.1. The first kappa shape index (κ1) is 15.4. The first-order chi connectivity index (χ1) is 9.42. The quantitative estimate of drug-likeness (QED) is 0.886. The second-order valence-corrected chi connectivity index (χ2v) is 7.42. The van der Waals surface area contributed by atoms with E-state index in [1.807, 2.05) is 24.3 Å². The van der Waals surface area contributed by atoms with Crippen molar-refractivity contribution in [2.45, 2.75) is 39.5 Å². The largest absolute Gasteiger partial charge is 0.464 e. The Labute approximate surface area is 131 Å². The van der Waals surface area contributed by atoms with Gasteiger partial charge in [-0.2, -0.15) is 0 Å². The van der Waals surface area contributed by atoms with Crippen molar-refractivity contribution in [3.05, 3.63) is 39.3 Å². The van der Waals surface area contributed by atoms with E-state index in [9.17, 15) is 0 Å². The number of rotatable bonds is 5. The predicted molar refractivity (Wildman–Crippen MR) is 85.0 cm³/mol. The highest BCUT2D eigenvalue weighted by molar-refractivity contribution is 9.10. The van der Waals surface area contributed by atoms with Gasteiger partial charge in [0.2, 0.25) is 0 Å². The molecule has 0 amide bonds. The van der Waals surface area contributed by atoms with Crippen LogP contribution in [0.25, 0.3) is 0 Å². The van der Waals surface area contributed by atoms with Crippen molar-refractivity contribution in [1.29, 1.82) is 0 Å². The van der Waals surface area contributed by atoms with Gasteiger partial charge in [-0.25, -0.2) is 0 Å². The number of hydrogen-bond acceptors (Lipinski definition) is 5. The van der Waals surface area contributed by atoms with Gasteiger partial charge in [0.25, 0.3) is 5.19 Å². The van der Waals surface area contributed by atoms with Crippen LogP contribution in [0.1, 0.15) is 31.3 Å². The van der Waals surface area contributed by atoms with E-state index in [1.165, 1.54) is 11.3 Å². The zero-order valence-electron chi connectivity index (χ0n) is 11.8. The smallest absolute Gasteiger partial charge is 0.294 e. The van der Waals surface area contributed by atoms with Crippen LogP contribution in [0, 0.1) is 0 Å². The van der Waals surface area contributed by atoms with Gasteiger partial charge in [-0.05, 0) is 38.5 Å². The van der Waals surface area contributed by atoms with Gasteiger partial charge in [-0.3, -0.25) is 0 Å². The first-order valence-electron chi connectivity index (χ1n) is 6.37. The molecule has 0 radical (unpaired) electrons. The van der Waals surface area contributed by atoms with Gasteiger partial charge in [0.15, 0.2) is 0 Å². The van der Waals surface area contributed by atoms with Crippen LogP contribution in [-0.2, 0) is 13.2 Å². The van der Waals surface area contributed by atoms with Gasteiger partial charge in [0.1, 0.15) is 11.6 Å². The molecule has 0 aliphatic rings. The molecule has 0 bridgehead atoms. The van der Waals surface area contributed by atoms with Gasteiger partial charge in [0, 0.05) is 10.0 Å². The Hall–Kier alpha value is -0.980. The molecule has 2 aromatic rings. The Kier molecular flexibility index (Phi) is 5.12. The van der Waals surface area contributed by atoms with Crippen LogP contribution in [-0.4, -0.2) is 15.7 Å². The maximum atomic E-state index is 5.65. The maximum Gasteiger partial charge on any atom is 0.294 e. The van der Waals surface area contributed by atoms with E-state index in [0.29, 0.717) is 18.3 Å². The molecule has 6 heteroatoms. The minimum absolute atomic E-state index is 0.0735. The molecular formula is C14H18BrN3OS. The third-order valence-corrected chi connectivity index (χ3v) is 3.86. The number of benzene rings is 1. The van der Waals surface area contributed by atoms with Crippen molar-refractivity contribution in [3.8, 4) is 5.19 Å². The SMILES string of the molecule is CC(C)(C)NCc1nnc(OCc2ccc(Br)cc2)s1. The van der Waals surface area contributed by atoms with E-state index < -0.39 is 0 Å². The van der Waals surface area contributed by atoms with E-state index in [4.69, 9.17) is 4.74 Å². The molecule has 0 saturated heterocycles. The molecule has 0 fully saturated rings. The minimum Gasteiger partial charge on any atom is -0.464 e. The third kappa shape index (κ3) is 5.19. The van der Waals surface area contributed by atoms with Crippen molar-refractivity contribution in [1.82, 2.24) is 15.5 Å². The zero-order chi connectivity index (χ0) is 14.6. The van der Waals surface area contributed by atoms with Gasteiger partial charge in [0.05, 0.1) is 6.54 Å². The summed E-state index contributed by atoms with van der Waals surface area (Å²) in [5.74, 6) is 0. The van der Waals surface area contributed by atoms with E-state index in [0.717, 1.165) is 15.0 Å². The highest BCUT2D eigenvalue weighted by Gasteiger charge is 2.11. The van der Waals surface area contributed by atoms with Crippen molar-refractivity contribution < 1.29 is 4.74 Å². The number of aromatic nitrogens is 2. The first-order valence-corrected chi connectivity index (χ1v) is 7.98. The second-order valence-electron chi connectivity index (χ2n) is 5.48. The van der Waals surface area contributed by atoms with E-state index in [1.54, 1.807) is 0 Å². The lowest BCUT2D eigenvalue weighted by Gasteiger charge is -2.19. The lowest BCUT2D eigenvalue weighted by atomic mass is 10.1. The predicted octanol–water partition coefficient (Wildman–Crippen LogP) is 3.77. The molecule has 20 heavy (non-hydrogen) atoms. The van der Waals surface area contributed by atoms with E-state index in [-0.39, 0.29) is 5.54 Å². The molecule has 0 saturated carbocycles. The van der Waals surface area contributed by atoms with Crippen LogP contribution in [0.5, 0.6) is 5.19 Å². The van der Waals surface area contributed by atoms with Crippen LogP contribution >= 0.6 is 27.3 Å². The number of hydrogen-bond donors (Lipinski definition) is 1. The summed E-state index contributed by atoms with van der Waals surface area (Å²) in [7, 11) is 0. The van der Waals surface area contributed by atoms with Crippen molar-refractivity contribution in [2.75, 3.05) is 0 Å². The summed E-state index contributed by atoms with van der Waals surface area (Å²) in [4.78, 5) is 0. The number of ether oxygens (including phenoxy) is 1. The second kappa shape index (κ2) is 6.65. The summed E-state index contributed by atoms with van der Waals surface area (Å²) in [6, 6.07) is 8.04. The maximum absolute atomic E-state index is 5.65. The van der Waals surface area contributed by atoms with E-state index >= 15 is 0 Å². The van der Waals surface area contributed by atoms with Crippen LogP contribution in [0.2, 0.25) is 0 Å². The molecule has 108 valence electrons. The molecule has 4 nitrogen and oxygen atoms in total. The molecule has 1 heterocycles. The molecule has 0 aliphatic carbocycles. The van der Waals surface area contributed by atoms with E-state index in [2.05, 4.69) is 52.2 Å². The fourth-order valence-corrected chi connectivity index (χ4v) is 2.33. The Morgan fingerprint density at radius 2 is 1.90 bits per heavy atom. The number of nitrogens with one attached hydrogen (secondary N) is 1. The molecule has 0 atom stereocenters. The fraction of sp³-hybridized carbons (Fsp3) is 0.429. The van der Waals surface area contributed by atoms with Gasteiger partial charge < -0.3 is 10.1 Å². The Morgan fingerprint density at radius 3 is 2.55 bits per heavy atom. The minimum atomic E-state index is 0.0735. The normalized spacial score (nSPS) is 11.6. The molecule has 0 aliphatic heterocycles. The lowest BCUT2D eigenvalue weighted by Crippen LogP contribution is -2.35. The fourth-order valence-electron chi connectivity index (χ4n) is 1.43. The standard InChI is InChI=1S/C14H18BrN3OS/c1-14(2,3)16-8-12-17-18-13(20-12)19-9-10-4-6-11(15)7-5-10/h4-7,16H,8-9H2,1-3H3. The molecular weight excluding hydrogens is 338 g/mol. The van der Waals surface area contributed by atoms with Crippen LogP contribution in [0.15, 0.2) is 28.7 Å². The average molecular weight is 356 g/mol. The highest BCUT2D eigenvalue weighted by atomic mass is 79.9. The Morgan fingerprint density at radius 1 is 1.20 bits per heavy atom. The summed E-state index contributed by atoms with van der Waals surface area (Å²) in [5.41, 5.74) is 1.18. The third-order valence-electron chi connectivity index (χ3n) is 2.49. The number of halogens is 1. The van der Waals surface area contributed by atoms with Crippen LogP contribution < -0.4 is 10.1 Å². The van der Waals surface area contributed by atoms with Crippen molar-refractivity contribution in [2.24, 2.45) is 0 Å². The van der Waals surface area contributed by atoms with Crippen molar-refractivity contribution >= 4 is 27.3 Å². The highest BCUT2D eigenvalue weighted by Crippen LogP contribution is 2.20. The number of nitrogens with zero attached hydrogens (tertiary/aromatic N) is 2. The lowest BCUT2D eigenvalue weighted by molar-refractivity contribution is 0.302. The summed E-state index contributed by atoms with van der Waals surface area (Å²) >= 11 is 4.89.